The third kappa shape index (κ3) is 6.28. The van der Waals surface area contributed by atoms with Gasteiger partial charge in [0, 0.05) is 26.1 Å². The van der Waals surface area contributed by atoms with E-state index in [1.54, 1.807) is 0 Å². The van der Waals surface area contributed by atoms with Gasteiger partial charge in [-0.15, -0.1) is 0 Å². The van der Waals surface area contributed by atoms with Crippen LogP contribution in [-0.2, 0) is 27.9 Å². The second kappa shape index (κ2) is 8.96. The van der Waals surface area contributed by atoms with Crippen molar-refractivity contribution in [3.63, 3.8) is 0 Å². The number of carbonyl (C=O) groups excluding carboxylic acids is 1. The van der Waals surface area contributed by atoms with Crippen LogP contribution in [-0.4, -0.2) is 31.4 Å². The van der Waals surface area contributed by atoms with Crippen LogP contribution >= 0.6 is 0 Å². The van der Waals surface area contributed by atoms with Gasteiger partial charge in [-0.2, -0.15) is 4.31 Å². The Kier molecular flexibility index (Phi) is 6.94. The predicted molar refractivity (Wildman–Crippen MR) is 104 cm³/mol. The van der Waals surface area contributed by atoms with E-state index in [4.69, 9.17) is 0 Å². The van der Waals surface area contributed by atoms with Gasteiger partial charge < -0.3 is 5.32 Å². The van der Waals surface area contributed by atoms with Gasteiger partial charge >= 0.3 is 0 Å². The third-order valence-corrected chi connectivity index (χ3v) is 5.49. The molecule has 2 aromatic carbocycles. The van der Waals surface area contributed by atoms with Gasteiger partial charge in [0.25, 0.3) is 0 Å². The molecule has 0 spiro atoms. The van der Waals surface area contributed by atoms with Crippen LogP contribution < -0.4 is 5.32 Å². The molecule has 0 heterocycles. The molecule has 0 aliphatic carbocycles. The molecule has 0 fully saturated rings. The molecule has 0 radical (unpaired) electrons. The highest BCUT2D eigenvalue weighted by atomic mass is 32.2. The third-order valence-electron chi connectivity index (χ3n) is 4.24. The minimum atomic E-state index is -3.39. The maximum atomic E-state index is 12.1. The highest BCUT2D eigenvalue weighted by molar-refractivity contribution is 7.88. The zero-order valence-corrected chi connectivity index (χ0v) is 16.3. The van der Waals surface area contributed by atoms with Gasteiger partial charge in [0.2, 0.25) is 15.9 Å². The van der Waals surface area contributed by atoms with Crippen LogP contribution in [0.4, 0.5) is 0 Å². The van der Waals surface area contributed by atoms with Crippen LogP contribution in [0.15, 0.2) is 48.5 Å². The first-order valence-electron chi connectivity index (χ1n) is 8.57. The quantitative estimate of drug-likeness (QED) is 0.773. The second-order valence-corrected chi connectivity index (χ2v) is 8.52. The number of aryl methyl sites for hydroxylation is 2. The van der Waals surface area contributed by atoms with Gasteiger partial charge in [-0.25, -0.2) is 8.42 Å². The van der Waals surface area contributed by atoms with Crippen molar-refractivity contribution in [3.05, 3.63) is 70.8 Å². The molecular weight excluding hydrogens is 348 g/mol. The summed E-state index contributed by atoms with van der Waals surface area (Å²) >= 11 is 0. The smallest absolute Gasteiger partial charge is 0.221 e. The Balaban J connectivity index is 1.92. The summed E-state index contributed by atoms with van der Waals surface area (Å²) < 4.78 is 25.5. The molecule has 26 heavy (non-hydrogen) atoms. The number of nitrogens with zero attached hydrogens (tertiary/aromatic N) is 1. The number of benzene rings is 2. The Morgan fingerprint density at radius 3 is 2.46 bits per heavy atom. The first-order chi connectivity index (χ1) is 12.3. The van der Waals surface area contributed by atoms with Crippen LogP contribution in [0.5, 0.6) is 0 Å². The molecule has 0 aliphatic rings. The fraction of sp³-hybridized carbons (Fsp3) is 0.350. The highest BCUT2D eigenvalue weighted by Gasteiger charge is 2.19. The van der Waals surface area contributed by atoms with Gasteiger partial charge in [0.1, 0.15) is 0 Å². The maximum absolute atomic E-state index is 12.1. The first kappa shape index (κ1) is 20.1. The first-order valence-corrected chi connectivity index (χ1v) is 10.4. The summed E-state index contributed by atoms with van der Waals surface area (Å²) in [7, 11) is -3.39. The molecule has 0 aliphatic heterocycles. The number of nitrogens with one attached hydrogen (secondary N) is 1. The van der Waals surface area contributed by atoms with E-state index >= 15 is 0 Å². The molecule has 5 nitrogen and oxygen atoms in total. The molecule has 0 bridgehead atoms. The van der Waals surface area contributed by atoms with Crippen molar-refractivity contribution in [1.82, 2.24) is 9.62 Å². The fourth-order valence-corrected chi connectivity index (χ4v) is 3.47. The number of hydrogen-bond donors (Lipinski definition) is 1. The largest absolute Gasteiger partial charge is 0.352 e. The average Bonchev–Trinajstić information content (AvgIpc) is 2.57. The summed E-state index contributed by atoms with van der Waals surface area (Å²) in [5.74, 6) is -0.162. The molecule has 0 atom stereocenters. The summed E-state index contributed by atoms with van der Waals surface area (Å²) in [5, 5.41) is 2.85. The van der Waals surface area contributed by atoms with Crippen LogP contribution in [0.25, 0.3) is 0 Å². The van der Waals surface area contributed by atoms with E-state index in [9.17, 15) is 13.2 Å². The van der Waals surface area contributed by atoms with Crippen LogP contribution in [0, 0.1) is 13.8 Å². The minimum Gasteiger partial charge on any atom is -0.352 e. The molecular formula is C20H26N2O3S. The van der Waals surface area contributed by atoms with Crippen molar-refractivity contribution in [2.24, 2.45) is 0 Å². The maximum Gasteiger partial charge on any atom is 0.221 e. The van der Waals surface area contributed by atoms with Crippen molar-refractivity contribution in [2.45, 2.75) is 33.4 Å². The molecule has 140 valence electrons. The van der Waals surface area contributed by atoms with Crippen molar-refractivity contribution in [2.75, 3.05) is 12.8 Å². The number of hydrogen-bond acceptors (Lipinski definition) is 3. The SMILES string of the molecule is Cc1cccc(CNC(=O)CCN(Cc2ccccc2C)S(C)(=O)=O)c1. The molecule has 0 saturated carbocycles. The lowest BCUT2D eigenvalue weighted by Gasteiger charge is -2.20. The van der Waals surface area contributed by atoms with E-state index in [0.717, 1.165) is 22.3 Å². The average molecular weight is 375 g/mol. The van der Waals surface area contributed by atoms with Crippen LogP contribution in [0.2, 0.25) is 0 Å². The molecule has 2 rings (SSSR count). The predicted octanol–water partition coefficient (Wildman–Crippen LogP) is 2.77. The highest BCUT2D eigenvalue weighted by Crippen LogP contribution is 2.13. The van der Waals surface area contributed by atoms with Crippen molar-refractivity contribution < 1.29 is 13.2 Å². The van der Waals surface area contributed by atoms with Crippen LogP contribution in [0.1, 0.15) is 28.7 Å². The molecule has 0 aromatic heterocycles. The Bertz CT molecular complexity index is 863. The molecule has 2 aromatic rings. The fourth-order valence-electron chi connectivity index (χ4n) is 2.68. The Morgan fingerprint density at radius 2 is 1.81 bits per heavy atom. The summed E-state index contributed by atoms with van der Waals surface area (Å²) in [6.07, 6.45) is 1.31. The molecule has 6 heteroatoms. The molecule has 0 unspecified atom stereocenters. The second-order valence-electron chi connectivity index (χ2n) is 6.54. The number of sulfonamides is 1. The Morgan fingerprint density at radius 1 is 1.08 bits per heavy atom. The van der Waals surface area contributed by atoms with Gasteiger partial charge in [-0.05, 0) is 30.5 Å². The van der Waals surface area contributed by atoms with E-state index in [1.807, 2.05) is 62.4 Å². The summed E-state index contributed by atoms with van der Waals surface area (Å²) in [5.41, 5.74) is 4.14. The van der Waals surface area contributed by atoms with E-state index in [-0.39, 0.29) is 25.4 Å². The Labute approximate surface area is 156 Å². The molecule has 1 amide bonds. The standard InChI is InChI=1S/C20H26N2O3S/c1-16-7-6-9-18(13-16)14-21-20(23)11-12-22(26(3,24)25)15-19-10-5-4-8-17(19)2/h4-10,13H,11-12,14-15H2,1-3H3,(H,21,23). The zero-order valence-electron chi connectivity index (χ0n) is 15.5. The number of carbonyl (C=O) groups is 1. The minimum absolute atomic E-state index is 0.130. The van der Waals surface area contributed by atoms with Gasteiger partial charge in [-0.1, -0.05) is 54.1 Å². The van der Waals surface area contributed by atoms with E-state index in [2.05, 4.69) is 5.32 Å². The van der Waals surface area contributed by atoms with Gasteiger partial charge in [0.15, 0.2) is 0 Å². The number of amides is 1. The topological polar surface area (TPSA) is 66.5 Å². The normalized spacial score (nSPS) is 11.5. The van der Waals surface area contributed by atoms with E-state index < -0.39 is 10.0 Å². The van der Waals surface area contributed by atoms with Crippen molar-refractivity contribution in [1.29, 1.82) is 0 Å². The summed E-state index contributed by atoms with van der Waals surface area (Å²) in [4.78, 5) is 12.1. The lowest BCUT2D eigenvalue weighted by atomic mass is 10.1. The van der Waals surface area contributed by atoms with E-state index in [1.165, 1.54) is 10.6 Å². The summed E-state index contributed by atoms with van der Waals surface area (Å²) in [6.45, 7) is 4.83. The zero-order chi connectivity index (χ0) is 19.2. The Hall–Kier alpha value is -2.18. The monoisotopic (exact) mass is 374 g/mol. The summed E-state index contributed by atoms with van der Waals surface area (Å²) in [6, 6.07) is 15.6. The molecule has 1 N–H and O–H groups in total. The van der Waals surface area contributed by atoms with Crippen molar-refractivity contribution in [3.8, 4) is 0 Å². The molecule has 0 saturated heterocycles. The van der Waals surface area contributed by atoms with Crippen LogP contribution in [0.3, 0.4) is 0 Å². The van der Waals surface area contributed by atoms with Gasteiger partial charge in [0.05, 0.1) is 6.26 Å². The van der Waals surface area contributed by atoms with Crippen molar-refractivity contribution >= 4 is 15.9 Å². The lowest BCUT2D eigenvalue weighted by Crippen LogP contribution is -2.34. The van der Waals surface area contributed by atoms with E-state index in [0.29, 0.717) is 6.54 Å². The lowest BCUT2D eigenvalue weighted by molar-refractivity contribution is -0.121. The number of rotatable bonds is 8. The van der Waals surface area contributed by atoms with Gasteiger partial charge in [-0.3, -0.25) is 4.79 Å².